The zero-order valence-electron chi connectivity index (χ0n) is 75.0. The van der Waals surface area contributed by atoms with E-state index < -0.39 is 271 Å². The van der Waals surface area contributed by atoms with E-state index in [4.69, 9.17) is 11.5 Å². The lowest BCUT2D eigenvalue weighted by Gasteiger charge is -2.38. The van der Waals surface area contributed by atoms with Crippen LogP contribution >= 0.6 is 11.8 Å². The van der Waals surface area contributed by atoms with Gasteiger partial charge in [0, 0.05) is 102 Å². The molecular formula is C92H116F3N17O21S. The van der Waals surface area contributed by atoms with Crippen molar-refractivity contribution in [3.8, 4) is 5.75 Å². The number of hydrogen-bond acceptors (Lipinski definition) is 21. The number of unbranched alkanes of at least 4 members (excludes halogenated alkanes) is 1. The largest absolute Gasteiger partial charge is 0.508 e. The molecule has 3 aliphatic heterocycles. The van der Waals surface area contributed by atoms with E-state index in [1.807, 2.05) is 0 Å². The second-order valence-corrected chi connectivity index (χ2v) is 34.9. The summed E-state index contributed by atoms with van der Waals surface area (Å²) in [5, 5.41) is 65.9. The van der Waals surface area contributed by atoms with E-state index in [0.717, 1.165) is 31.5 Å². The van der Waals surface area contributed by atoms with Gasteiger partial charge in [0.2, 0.25) is 88.6 Å². The van der Waals surface area contributed by atoms with Gasteiger partial charge in [0.15, 0.2) is 17.5 Å². The Morgan fingerprint density at radius 2 is 1.09 bits per heavy atom. The topological polar surface area (TPSA) is 563 Å². The predicted octanol–water partition coefficient (Wildman–Crippen LogP) is 0.389. The van der Waals surface area contributed by atoms with E-state index in [1.165, 1.54) is 52.2 Å². The van der Waals surface area contributed by atoms with Crippen molar-refractivity contribution in [2.24, 2.45) is 17.4 Å². The number of amides is 15. The predicted molar refractivity (Wildman–Crippen MR) is 481 cm³/mol. The van der Waals surface area contributed by atoms with Gasteiger partial charge in [-0.25, -0.2) is 13.2 Å². The molecule has 1 aromatic heterocycles. The van der Waals surface area contributed by atoms with Gasteiger partial charge in [0.05, 0.1) is 24.8 Å². The van der Waals surface area contributed by atoms with E-state index in [9.17, 15) is 63.2 Å². The number of carbonyl (C=O) groups is 17. The number of phenols is 1. The van der Waals surface area contributed by atoms with E-state index in [1.54, 1.807) is 98.0 Å². The minimum absolute atomic E-state index is 0.0104. The molecule has 5 aromatic carbocycles. The monoisotopic (exact) mass is 1880 g/mol. The average Bonchev–Trinajstić information content (AvgIpc) is 1.48. The Labute approximate surface area is 774 Å². The third kappa shape index (κ3) is 28.8. The number of carboxylic acids is 2. The van der Waals surface area contributed by atoms with E-state index in [2.05, 4.69) is 52.8 Å². The van der Waals surface area contributed by atoms with Crippen LogP contribution in [0, 0.1) is 23.4 Å². The van der Waals surface area contributed by atoms with Gasteiger partial charge in [-0.15, -0.1) is 11.8 Å². The summed E-state index contributed by atoms with van der Waals surface area (Å²) in [5.41, 5.74) is 13.3. The fourth-order valence-corrected chi connectivity index (χ4v) is 17.2. The molecule has 0 spiro atoms. The van der Waals surface area contributed by atoms with E-state index >= 15 is 51.9 Å². The first-order valence-electron chi connectivity index (χ1n) is 44.1. The normalized spacial score (nSPS) is 24.0. The summed E-state index contributed by atoms with van der Waals surface area (Å²) in [5.74, 6) is -26.5. The highest BCUT2D eigenvalue weighted by Gasteiger charge is 2.48. The number of aromatic nitrogens is 1. The molecule has 18 N–H and O–H groups in total. The summed E-state index contributed by atoms with van der Waals surface area (Å²) in [4.78, 5) is 258. The Hall–Kier alpha value is -13.5. The smallest absolute Gasteiger partial charge is 0.305 e. The van der Waals surface area contributed by atoms with Crippen molar-refractivity contribution in [2.45, 2.75) is 208 Å². The number of para-hydroxylation sites is 1. The number of carbonyl (C=O) groups excluding carboxylic acids is 15. The average molecular weight is 1890 g/mol. The first-order chi connectivity index (χ1) is 63.7. The molecule has 722 valence electrons. The summed E-state index contributed by atoms with van der Waals surface area (Å²) in [7, 11) is 3.57. The van der Waals surface area contributed by atoms with Crippen molar-refractivity contribution < 1.29 is 115 Å². The highest BCUT2D eigenvalue weighted by molar-refractivity contribution is 8.00. The van der Waals surface area contributed by atoms with Gasteiger partial charge in [-0.2, -0.15) is 0 Å². The number of hydrogen-bond donors (Lipinski definition) is 16. The number of aliphatic carboxylic acids is 2. The molecule has 9 rings (SSSR count). The maximum atomic E-state index is 15.7. The number of nitrogens with one attached hydrogen (secondary N) is 10. The van der Waals surface area contributed by atoms with Crippen LogP contribution in [0.5, 0.6) is 5.75 Å². The molecule has 0 aliphatic carbocycles. The SMILES string of the molecule is CCCC[C@H]1C(=O)N2C[C@H](O)C[C@@H]2C(=O)N[C@@H](CC(=O)O)C(=O)N[C@@H](C(C)C)C(=O)N(C)[C@@H](Cc2ccccc2)C(=O)N[C@@H](CCC(=O)O)C(=O)N2CCC[C@@H]2C(=O)N[C@@H](Cc2c[nH]c3ccccc23)C(=O)N[C@@H](Cc2ccc(O)cc2)C(=O)N[C@@H](CCCN)C(=O)N[C@H](C(=O)NCC(N)=O)CSCC(=O)N[C@@H](Cc2cc(F)c(F)c(F)c2)C(=O)N(C)[C@@H](Cc2ccccc2)C(=O)N1C. The number of benzene rings is 5. The van der Waals surface area contributed by atoms with Gasteiger partial charge in [0.1, 0.15) is 84.3 Å². The van der Waals surface area contributed by atoms with Crippen LogP contribution in [0.2, 0.25) is 0 Å². The molecule has 3 fully saturated rings. The minimum Gasteiger partial charge on any atom is -0.508 e. The summed E-state index contributed by atoms with van der Waals surface area (Å²) >= 11 is 0.636. The zero-order chi connectivity index (χ0) is 97.9. The number of aliphatic hydroxyl groups is 1. The minimum atomic E-state index is -2.06. The summed E-state index contributed by atoms with van der Waals surface area (Å²) in [6, 6.07) is 7.56. The van der Waals surface area contributed by atoms with Crippen molar-refractivity contribution in [1.29, 1.82) is 0 Å². The quantitative estimate of drug-likeness (QED) is 0.0345. The molecule has 0 radical (unpaired) electrons. The standard InChI is InChI=1S/C92H116F3N17O21S/c1-7-8-26-70-91(132)112-47-57(114)43-72(112)87(128)105-66(44-77(119)120)84(125)107-79(50(2)3)92(133)109(5)71(40-51-19-11-9-12-20-51)86(127)102-63(32-33-76(117)118)89(130)111-35-18-27-69(111)85(126)104-65(42-55-45-98-61-24-16-15-23-58(55)61)83(124)103-64(38-53-28-30-56(113)31-29-53)82(123)101-62(25-17-34-96)81(122)106-68(80(121)99-46-74(97)115)48-134-49-75(116)100-67(39-54-36-59(93)78(95)60(94)37-54)88(129)110(6)73(90(131)108(70)4)41-52-21-13-10-14-22-52/h9-16,19-24,28-31,36-37,45,50,57,62-73,79,98,113-114H,7-8,17-18,25-27,32-35,38-44,46-49,96H2,1-6H3,(H2,97,115)(H,99,121)(H,100,116)(H,101,123)(H,102,127)(H,103,124)(H,104,126)(H,105,128)(H,106,122)(H,107,125)(H,117,118)(H,119,120)/t57-,62+,63+,64+,65+,66+,67+,68+,69-,70+,71+,72-,73+,79+/m1/s1. The van der Waals surface area contributed by atoms with Gasteiger partial charge < -0.3 is 109 Å². The third-order valence-electron chi connectivity index (χ3n) is 23.7. The number of rotatable bonds is 25. The van der Waals surface area contributed by atoms with Gasteiger partial charge in [0.25, 0.3) is 0 Å². The Bertz CT molecular complexity index is 5210. The van der Waals surface area contributed by atoms with Crippen LogP contribution in [-0.2, 0) is 114 Å². The Kier molecular flexibility index (Phi) is 38.3. The number of nitrogens with two attached hydrogens (primary N) is 2. The molecule has 0 bridgehead atoms. The van der Waals surface area contributed by atoms with Crippen molar-refractivity contribution in [2.75, 3.05) is 58.8 Å². The van der Waals surface area contributed by atoms with Gasteiger partial charge in [-0.1, -0.05) is 125 Å². The Balaban J connectivity index is 1.14. The molecule has 42 heteroatoms. The van der Waals surface area contributed by atoms with Crippen LogP contribution in [0.3, 0.4) is 0 Å². The number of phenolic OH excluding ortho intramolecular Hbond substituents is 1. The Morgan fingerprint density at radius 3 is 1.71 bits per heavy atom. The lowest BCUT2D eigenvalue weighted by Crippen LogP contribution is -2.62. The number of aromatic hydroxyl groups is 1. The molecule has 14 atom stereocenters. The van der Waals surface area contributed by atoms with Gasteiger partial charge in [-0.3, -0.25) is 81.5 Å². The number of likely N-dealkylation sites (N-methyl/N-ethyl adjacent to an activating group) is 3. The second-order valence-electron chi connectivity index (χ2n) is 33.9. The third-order valence-corrected chi connectivity index (χ3v) is 24.7. The lowest BCUT2D eigenvalue weighted by molar-refractivity contribution is -0.152. The molecule has 6 aromatic rings. The first-order valence-corrected chi connectivity index (χ1v) is 45.2. The van der Waals surface area contributed by atoms with Crippen molar-refractivity contribution in [3.05, 3.63) is 173 Å². The van der Waals surface area contributed by atoms with Crippen LogP contribution in [0.25, 0.3) is 10.9 Å². The molecule has 3 saturated heterocycles. The number of aliphatic hydroxyl groups excluding tert-OH is 1. The number of H-pyrrole nitrogens is 1. The maximum absolute atomic E-state index is 15.7. The van der Waals surface area contributed by atoms with Gasteiger partial charge in [-0.05, 0) is 109 Å². The second kappa shape index (κ2) is 49.3. The highest BCUT2D eigenvalue weighted by atomic mass is 32.2. The lowest BCUT2D eigenvalue weighted by atomic mass is 9.98. The number of thioether (sulfide) groups is 1. The maximum Gasteiger partial charge on any atom is 0.305 e. The fraction of sp³-hybridized carbons (Fsp3) is 0.467. The summed E-state index contributed by atoms with van der Waals surface area (Å²) < 4.78 is 45.1. The first kappa shape index (κ1) is 104. The molecule has 0 unspecified atom stereocenters. The van der Waals surface area contributed by atoms with Crippen molar-refractivity contribution >= 4 is 123 Å². The number of fused-ring (bicyclic) bond motifs is 3. The fourth-order valence-electron chi connectivity index (χ4n) is 16.4. The van der Waals surface area contributed by atoms with Crippen molar-refractivity contribution in [1.82, 2.24) is 77.3 Å². The molecule has 0 saturated carbocycles. The van der Waals surface area contributed by atoms with Crippen molar-refractivity contribution in [3.63, 3.8) is 0 Å². The number of halogens is 3. The van der Waals surface area contributed by atoms with Crippen LogP contribution in [0.1, 0.15) is 119 Å². The van der Waals surface area contributed by atoms with Crippen LogP contribution in [0.15, 0.2) is 128 Å². The van der Waals surface area contributed by atoms with Crippen LogP contribution in [-0.4, -0.2) is 294 Å². The molecule has 15 amide bonds. The number of carboxylic acid groups (broad SMARTS) is 2. The number of nitrogens with zero attached hydrogens (tertiary/aromatic N) is 5. The van der Waals surface area contributed by atoms with Crippen LogP contribution < -0.4 is 59.3 Å². The molecule has 134 heavy (non-hydrogen) atoms. The Morgan fingerprint density at radius 1 is 0.537 bits per heavy atom. The number of primary amides is 1. The van der Waals surface area contributed by atoms with Gasteiger partial charge >= 0.3 is 11.9 Å². The number of aromatic amines is 1. The molecule has 38 nitrogen and oxygen atoms in total. The molecule has 4 heterocycles. The van der Waals surface area contributed by atoms with E-state index in [0.29, 0.717) is 63.5 Å². The highest BCUT2D eigenvalue weighted by Crippen LogP contribution is 2.29. The summed E-state index contributed by atoms with van der Waals surface area (Å²) in [6.07, 6.45) is -4.79. The molecular weight excluding hydrogens is 1770 g/mol. The molecule has 3 aliphatic rings. The van der Waals surface area contributed by atoms with E-state index in [-0.39, 0.29) is 83.0 Å². The van der Waals surface area contributed by atoms with Crippen LogP contribution in [0.4, 0.5) is 13.2 Å². The summed E-state index contributed by atoms with van der Waals surface area (Å²) in [6.45, 7) is 3.13. The zero-order valence-corrected chi connectivity index (χ0v) is 75.8.